The van der Waals surface area contributed by atoms with E-state index in [1.165, 1.54) is 0 Å². The fourth-order valence-electron chi connectivity index (χ4n) is 2.13. The first-order valence-corrected chi connectivity index (χ1v) is 7.54. The molecule has 0 unspecified atom stereocenters. The second kappa shape index (κ2) is 8.52. The van der Waals surface area contributed by atoms with Crippen LogP contribution in [0.1, 0.15) is 28.9 Å². The molecule has 0 saturated heterocycles. The van der Waals surface area contributed by atoms with E-state index < -0.39 is 23.6 Å². The molecule has 2 atom stereocenters. The first-order valence-electron chi connectivity index (χ1n) is 7.54. The van der Waals surface area contributed by atoms with Crippen molar-refractivity contribution in [2.45, 2.75) is 19.1 Å². The summed E-state index contributed by atoms with van der Waals surface area (Å²) < 4.78 is 31.7. The van der Waals surface area contributed by atoms with E-state index in [0.717, 1.165) is 17.7 Å². The number of rotatable bonds is 7. The molecule has 0 heterocycles. The molecule has 6 heteroatoms. The van der Waals surface area contributed by atoms with Crippen LogP contribution in [0.4, 0.5) is 8.78 Å². The van der Waals surface area contributed by atoms with Gasteiger partial charge in [0.1, 0.15) is 11.6 Å². The number of ether oxygens (including phenoxy) is 1. The van der Waals surface area contributed by atoms with Crippen LogP contribution in [0, 0.1) is 11.6 Å². The molecule has 0 radical (unpaired) electrons. The minimum absolute atomic E-state index is 0.0217. The molecule has 0 saturated carbocycles. The van der Waals surface area contributed by atoms with Gasteiger partial charge in [-0.15, -0.1) is 0 Å². The van der Waals surface area contributed by atoms with Crippen LogP contribution < -0.4 is 5.32 Å². The van der Waals surface area contributed by atoms with Crippen molar-refractivity contribution in [1.82, 2.24) is 5.32 Å². The van der Waals surface area contributed by atoms with Crippen LogP contribution in [0.25, 0.3) is 0 Å². The Hall–Kier alpha value is -2.31. The van der Waals surface area contributed by atoms with Crippen molar-refractivity contribution >= 4 is 5.91 Å². The predicted molar refractivity (Wildman–Crippen MR) is 85.5 cm³/mol. The quantitative estimate of drug-likeness (QED) is 0.818. The van der Waals surface area contributed by atoms with Crippen molar-refractivity contribution in [3.05, 3.63) is 71.3 Å². The molecular weight excluding hydrogens is 316 g/mol. The number of carbonyl (C=O) groups excluding carboxylic acids is 1. The molecule has 0 aliphatic carbocycles. The third-order valence-electron chi connectivity index (χ3n) is 3.43. The summed E-state index contributed by atoms with van der Waals surface area (Å²) in [5.41, 5.74) is 0.835. The maximum absolute atomic E-state index is 13.1. The summed E-state index contributed by atoms with van der Waals surface area (Å²) in [6.45, 7) is 1.79. The number of amides is 1. The van der Waals surface area contributed by atoms with Crippen LogP contribution in [0.2, 0.25) is 0 Å². The Kier molecular flexibility index (Phi) is 6.40. The average molecular weight is 335 g/mol. The van der Waals surface area contributed by atoms with E-state index in [4.69, 9.17) is 4.74 Å². The lowest BCUT2D eigenvalue weighted by Gasteiger charge is -2.17. The highest BCUT2D eigenvalue weighted by Crippen LogP contribution is 2.15. The van der Waals surface area contributed by atoms with E-state index in [2.05, 4.69) is 5.32 Å². The van der Waals surface area contributed by atoms with Gasteiger partial charge in [-0.25, -0.2) is 8.78 Å². The summed E-state index contributed by atoms with van der Waals surface area (Å²) in [6.07, 6.45) is -1.13. The first kappa shape index (κ1) is 18.0. The zero-order valence-electron chi connectivity index (χ0n) is 13.2. The van der Waals surface area contributed by atoms with Crippen molar-refractivity contribution in [3.8, 4) is 0 Å². The second-order valence-corrected chi connectivity index (χ2v) is 5.41. The molecule has 2 aromatic carbocycles. The number of carbonyl (C=O) groups is 1. The number of aliphatic hydroxyl groups excluding tert-OH is 1. The minimum Gasteiger partial charge on any atom is -0.389 e. The lowest BCUT2D eigenvalue weighted by atomic mass is 10.1. The summed E-state index contributed by atoms with van der Waals surface area (Å²) in [6, 6.07) is 12.1. The van der Waals surface area contributed by atoms with E-state index in [9.17, 15) is 18.7 Å². The molecule has 2 aromatic rings. The minimum atomic E-state index is -0.932. The summed E-state index contributed by atoms with van der Waals surface area (Å²) in [7, 11) is 0. The Morgan fingerprint density at radius 1 is 1.17 bits per heavy atom. The maximum Gasteiger partial charge on any atom is 0.251 e. The van der Waals surface area contributed by atoms with Gasteiger partial charge < -0.3 is 15.2 Å². The van der Waals surface area contributed by atoms with Gasteiger partial charge in [-0.3, -0.25) is 4.79 Å². The molecule has 2 N–H and O–H groups in total. The third kappa shape index (κ3) is 5.40. The van der Waals surface area contributed by atoms with Gasteiger partial charge in [0.2, 0.25) is 0 Å². The van der Waals surface area contributed by atoms with Gasteiger partial charge in [-0.2, -0.15) is 0 Å². The van der Waals surface area contributed by atoms with Crippen molar-refractivity contribution in [2.75, 3.05) is 13.2 Å². The normalized spacial score (nSPS) is 13.3. The number of hydrogen-bond acceptors (Lipinski definition) is 3. The Morgan fingerprint density at radius 3 is 2.42 bits per heavy atom. The zero-order valence-corrected chi connectivity index (χ0v) is 13.2. The molecule has 0 aliphatic rings. The molecule has 4 nitrogen and oxygen atoms in total. The number of nitrogens with one attached hydrogen (secondary N) is 1. The first-order chi connectivity index (χ1) is 11.5. The van der Waals surface area contributed by atoms with Crippen LogP contribution >= 0.6 is 0 Å². The van der Waals surface area contributed by atoms with Crippen molar-refractivity contribution in [2.24, 2.45) is 0 Å². The van der Waals surface area contributed by atoms with Crippen LogP contribution in [0.5, 0.6) is 0 Å². The lowest BCUT2D eigenvalue weighted by molar-refractivity contribution is -0.00171. The Bertz CT molecular complexity index is 659. The summed E-state index contributed by atoms with van der Waals surface area (Å²) >= 11 is 0. The Balaban J connectivity index is 1.78. The Labute approximate surface area is 139 Å². The highest BCUT2D eigenvalue weighted by atomic mass is 19.1. The molecule has 24 heavy (non-hydrogen) atoms. The highest BCUT2D eigenvalue weighted by molar-refractivity contribution is 5.94. The molecule has 0 aromatic heterocycles. The van der Waals surface area contributed by atoms with E-state index in [1.807, 2.05) is 37.3 Å². The Morgan fingerprint density at radius 2 is 1.79 bits per heavy atom. The van der Waals surface area contributed by atoms with Crippen molar-refractivity contribution < 1.29 is 23.4 Å². The molecule has 0 aliphatic heterocycles. The third-order valence-corrected chi connectivity index (χ3v) is 3.43. The number of benzene rings is 2. The maximum atomic E-state index is 13.1. The van der Waals surface area contributed by atoms with E-state index in [-0.39, 0.29) is 24.8 Å². The summed E-state index contributed by atoms with van der Waals surface area (Å²) in [5, 5.41) is 12.3. The van der Waals surface area contributed by atoms with Gasteiger partial charge in [0.25, 0.3) is 5.91 Å². The fraction of sp³-hybridized carbons (Fsp3) is 0.278. The van der Waals surface area contributed by atoms with Crippen molar-refractivity contribution in [3.63, 3.8) is 0 Å². The van der Waals surface area contributed by atoms with Gasteiger partial charge in [-0.05, 0) is 24.6 Å². The van der Waals surface area contributed by atoms with Crippen LogP contribution in [-0.4, -0.2) is 30.3 Å². The second-order valence-electron chi connectivity index (χ2n) is 5.41. The molecule has 1 amide bonds. The summed E-state index contributed by atoms with van der Waals surface area (Å²) in [4.78, 5) is 11.8. The van der Waals surface area contributed by atoms with E-state index in [1.54, 1.807) is 0 Å². The largest absolute Gasteiger partial charge is 0.389 e. The molecule has 0 fully saturated rings. The van der Waals surface area contributed by atoms with E-state index in [0.29, 0.717) is 6.07 Å². The summed E-state index contributed by atoms with van der Waals surface area (Å²) in [5.74, 6) is -2.33. The molecule has 128 valence electrons. The van der Waals surface area contributed by atoms with Crippen molar-refractivity contribution in [1.29, 1.82) is 0 Å². The fourth-order valence-corrected chi connectivity index (χ4v) is 2.13. The van der Waals surface area contributed by atoms with Gasteiger partial charge in [-0.1, -0.05) is 30.3 Å². The van der Waals surface area contributed by atoms with Gasteiger partial charge in [0.15, 0.2) is 0 Å². The smallest absolute Gasteiger partial charge is 0.251 e. The molecular formula is C18H19F2NO3. The van der Waals surface area contributed by atoms with E-state index >= 15 is 0 Å². The average Bonchev–Trinajstić information content (AvgIpc) is 2.57. The SMILES string of the molecule is C[C@@H](OC[C@@H](O)CNC(=O)c1cc(F)cc(F)c1)c1ccccc1. The molecule has 0 bridgehead atoms. The lowest BCUT2D eigenvalue weighted by Crippen LogP contribution is -2.34. The van der Waals surface area contributed by atoms with Gasteiger partial charge >= 0.3 is 0 Å². The van der Waals surface area contributed by atoms with Crippen LogP contribution in [0.15, 0.2) is 48.5 Å². The predicted octanol–water partition coefficient (Wildman–Crippen LogP) is 2.83. The number of halogens is 2. The van der Waals surface area contributed by atoms with Gasteiger partial charge in [0, 0.05) is 18.2 Å². The molecule has 2 rings (SSSR count). The van der Waals surface area contributed by atoms with Crippen LogP contribution in [-0.2, 0) is 4.74 Å². The monoisotopic (exact) mass is 335 g/mol. The zero-order chi connectivity index (χ0) is 17.5. The number of aliphatic hydroxyl groups is 1. The topological polar surface area (TPSA) is 58.6 Å². The van der Waals surface area contributed by atoms with Gasteiger partial charge in [0.05, 0.1) is 18.8 Å². The standard InChI is InChI=1S/C18H19F2NO3/c1-12(13-5-3-2-4-6-13)24-11-17(22)10-21-18(23)14-7-15(19)9-16(20)8-14/h2-9,12,17,22H,10-11H2,1H3,(H,21,23)/t12-,17+/m1/s1. The number of hydrogen-bond donors (Lipinski definition) is 2. The van der Waals surface area contributed by atoms with Crippen LogP contribution in [0.3, 0.4) is 0 Å². The molecule has 0 spiro atoms. The highest BCUT2D eigenvalue weighted by Gasteiger charge is 2.13.